The van der Waals surface area contributed by atoms with Crippen molar-refractivity contribution in [3.8, 4) is 0 Å². The van der Waals surface area contributed by atoms with Gasteiger partial charge in [-0.25, -0.2) is 13.1 Å². The van der Waals surface area contributed by atoms with E-state index in [1.807, 2.05) is 0 Å². The van der Waals surface area contributed by atoms with Crippen molar-refractivity contribution >= 4 is 10.0 Å². The molecular formula is C12H26N2O2S. The molecule has 102 valence electrons. The Kier molecular flexibility index (Phi) is 4.98. The van der Waals surface area contributed by atoms with E-state index in [4.69, 9.17) is 0 Å². The number of hydrogen-bond donors (Lipinski definition) is 2. The Hall–Kier alpha value is -0.130. The lowest BCUT2D eigenvalue weighted by Gasteiger charge is -2.39. The van der Waals surface area contributed by atoms with E-state index in [1.165, 1.54) is 6.42 Å². The van der Waals surface area contributed by atoms with E-state index in [1.54, 1.807) is 14.0 Å². The van der Waals surface area contributed by atoms with Crippen LogP contribution in [0.15, 0.2) is 0 Å². The molecule has 1 saturated carbocycles. The zero-order valence-corrected chi connectivity index (χ0v) is 12.2. The molecule has 0 aromatic carbocycles. The molecule has 2 unspecified atom stereocenters. The van der Waals surface area contributed by atoms with Gasteiger partial charge in [-0.05, 0) is 32.2 Å². The van der Waals surface area contributed by atoms with Gasteiger partial charge in [-0.3, -0.25) is 0 Å². The minimum absolute atomic E-state index is 0.0741. The molecule has 0 amide bonds. The Balaban J connectivity index is 2.69. The number of rotatable bonds is 5. The monoisotopic (exact) mass is 262 g/mol. The third-order valence-electron chi connectivity index (χ3n) is 3.84. The number of nitrogens with one attached hydrogen (secondary N) is 2. The molecule has 1 aliphatic carbocycles. The van der Waals surface area contributed by atoms with E-state index in [9.17, 15) is 8.42 Å². The molecule has 0 heterocycles. The molecule has 2 atom stereocenters. The third kappa shape index (κ3) is 3.93. The first-order chi connectivity index (χ1) is 7.79. The minimum atomic E-state index is -3.21. The summed E-state index contributed by atoms with van der Waals surface area (Å²) in [4.78, 5) is 0. The summed E-state index contributed by atoms with van der Waals surface area (Å²) in [5.41, 5.74) is 0.0741. The zero-order chi connectivity index (χ0) is 13.1. The van der Waals surface area contributed by atoms with Gasteiger partial charge in [0.2, 0.25) is 10.0 Å². The maximum Gasteiger partial charge on any atom is 0.215 e. The van der Waals surface area contributed by atoms with Crippen molar-refractivity contribution in [2.45, 2.75) is 57.7 Å². The third-order valence-corrected chi connectivity index (χ3v) is 5.67. The lowest BCUT2D eigenvalue weighted by molar-refractivity contribution is 0.188. The van der Waals surface area contributed by atoms with E-state index in [0.717, 1.165) is 19.3 Å². The summed E-state index contributed by atoms with van der Waals surface area (Å²) in [5, 5.41) is 2.53. The van der Waals surface area contributed by atoms with Crippen LogP contribution in [0.3, 0.4) is 0 Å². The molecule has 5 heteroatoms. The second kappa shape index (κ2) is 5.67. The zero-order valence-electron chi connectivity index (χ0n) is 11.4. The standard InChI is InChI=1S/C12H26N2O2S/c1-10(9-13-4)17(15,16)14-11-7-5-6-8-12(11,2)3/h10-11,13-14H,5-9H2,1-4H3. The molecule has 17 heavy (non-hydrogen) atoms. The van der Waals surface area contributed by atoms with Gasteiger partial charge in [0.25, 0.3) is 0 Å². The maximum absolute atomic E-state index is 12.1. The van der Waals surface area contributed by atoms with Gasteiger partial charge < -0.3 is 5.32 Å². The summed E-state index contributed by atoms with van der Waals surface area (Å²) in [6, 6.07) is 0.0838. The van der Waals surface area contributed by atoms with Crippen molar-refractivity contribution in [2.75, 3.05) is 13.6 Å². The van der Waals surface area contributed by atoms with Crippen molar-refractivity contribution in [3.05, 3.63) is 0 Å². The van der Waals surface area contributed by atoms with Crippen LogP contribution in [0, 0.1) is 5.41 Å². The molecule has 0 aliphatic heterocycles. The first-order valence-electron chi connectivity index (χ1n) is 6.45. The fraction of sp³-hybridized carbons (Fsp3) is 1.00. The van der Waals surface area contributed by atoms with Gasteiger partial charge in [-0.2, -0.15) is 0 Å². The van der Waals surface area contributed by atoms with Crippen LogP contribution in [-0.4, -0.2) is 33.3 Å². The van der Waals surface area contributed by atoms with E-state index in [-0.39, 0.29) is 16.7 Å². The Morgan fingerprint density at radius 3 is 2.53 bits per heavy atom. The highest BCUT2D eigenvalue weighted by molar-refractivity contribution is 7.90. The summed E-state index contributed by atoms with van der Waals surface area (Å²) in [7, 11) is -1.43. The highest BCUT2D eigenvalue weighted by Gasteiger charge is 2.36. The molecule has 4 nitrogen and oxygen atoms in total. The second-order valence-electron chi connectivity index (χ2n) is 5.82. The van der Waals surface area contributed by atoms with Crippen LogP contribution in [0.25, 0.3) is 0 Å². The average molecular weight is 262 g/mol. The van der Waals surface area contributed by atoms with Crippen LogP contribution >= 0.6 is 0 Å². The number of hydrogen-bond acceptors (Lipinski definition) is 3. The van der Waals surface area contributed by atoms with Crippen LogP contribution in [0.1, 0.15) is 46.5 Å². The predicted octanol–water partition coefficient (Wildman–Crippen LogP) is 1.48. The largest absolute Gasteiger partial charge is 0.318 e. The quantitative estimate of drug-likeness (QED) is 0.789. The van der Waals surface area contributed by atoms with Crippen molar-refractivity contribution in [3.63, 3.8) is 0 Å². The number of sulfonamides is 1. The van der Waals surface area contributed by atoms with Crippen molar-refractivity contribution < 1.29 is 8.42 Å². The van der Waals surface area contributed by atoms with Crippen LogP contribution in [0.4, 0.5) is 0 Å². The maximum atomic E-state index is 12.1. The normalized spacial score (nSPS) is 26.7. The van der Waals surface area contributed by atoms with Gasteiger partial charge in [0.15, 0.2) is 0 Å². The van der Waals surface area contributed by atoms with Crippen LogP contribution < -0.4 is 10.0 Å². The van der Waals surface area contributed by atoms with E-state index >= 15 is 0 Å². The Labute approximate surface area is 106 Å². The van der Waals surface area contributed by atoms with Gasteiger partial charge >= 0.3 is 0 Å². The SMILES string of the molecule is CNCC(C)S(=O)(=O)NC1CCCCC1(C)C. The summed E-state index contributed by atoms with van der Waals surface area (Å²) < 4.78 is 27.2. The smallest absolute Gasteiger partial charge is 0.215 e. The summed E-state index contributed by atoms with van der Waals surface area (Å²) in [6.45, 7) is 6.54. The fourth-order valence-corrected chi connectivity index (χ4v) is 3.88. The lowest BCUT2D eigenvalue weighted by atomic mass is 9.74. The van der Waals surface area contributed by atoms with Crippen molar-refractivity contribution in [2.24, 2.45) is 5.41 Å². The highest BCUT2D eigenvalue weighted by atomic mass is 32.2. The molecule has 1 aliphatic rings. The van der Waals surface area contributed by atoms with Gasteiger partial charge in [-0.1, -0.05) is 26.7 Å². The molecular weight excluding hydrogens is 236 g/mol. The average Bonchev–Trinajstić information content (AvgIpc) is 2.21. The summed E-state index contributed by atoms with van der Waals surface area (Å²) in [6.07, 6.45) is 4.38. The molecule has 1 rings (SSSR count). The molecule has 0 saturated heterocycles. The summed E-state index contributed by atoms with van der Waals surface area (Å²) in [5.74, 6) is 0. The highest BCUT2D eigenvalue weighted by Crippen LogP contribution is 2.35. The van der Waals surface area contributed by atoms with Gasteiger partial charge in [0, 0.05) is 12.6 Å². The van der Waals surface area contributed by atoms with Gasteiger partial charge in [0.05, 0.1) is 5.25 Å². The topological polar surface area (TPSA) is 58.2 Å². The fourth-order valence-electron chi connectivity index (χ4n) is 2.42. The van der Waals surface area contributed by atoms with Crippen molar-refractivity contribution in [1.82, 2.24) is 10.0 Å². The van der Waals surface area contributed by atoms with E-state index in [0.29, 0.717) is 6.54 Å². The lowest BCUT2D eigenvalue weighted by Crippen LogP contribution is -2.50. The van der Waals surface area contributed by atoms with Crippen LogP contribution in [0.2, 0.25) is 0 Å². The molecule has 0 aromatic heterocycles. The Morgan fingerprint density at radius 2 is 2.00 bits per heavy atom. The Morgan fingerprint density at radius 1 is 1.35 bits per heavy atom. The van der Waals surface area contributed by atoms with Crippen molar-refractivity contribution in [1.29, 1.82) is 0 Å². The molecule has 0 aromatic rings. The molecule has 0 spiro atoms. The minimum Gasteiger partial charge on any atom is -0.318 e. The molecule has 0 bridgehead atoms. The second-order valence-corrected chi connectivity index (χ2v) is 7.95. The molecule has 1 fully saturated rings. The van der Waals surface area contributed by atoms with Gasteiger partial charge in [0.1, 0.15) is 0 Å². The van der Waals surface area contributed by atoms with Crippen LogP contribution in [0.5, 0.6) is 0 Å². The van der Waals surface area contributed by atoms with Gasteiger partial charge in [-0.15, -0.1) is 0 Å². The molecule has 0 radical (unpaired) electrons. The molecule has 2 N–H and O–H groups in total. The first-order valence-corrected chi connectivity index (χ1v) is 8.00. The first kappa shape index (κ1) is 14.9. The predicted molar refractivity (Wildman–Crippen MR) is 71.5 cm³/mol. The van der Waals surface area contributed by atoms with E-state index in [2.05, 4.69) is 23.9 Å². The van der Waals surface area contributed by atoms with E-state index < -0.39 is 10.0 Å². The Bertz CT molecular complexity index is 338. The van der Waals surface area contributed by atoms with Crippen LogP contribution in [-0.2, 0) is 10.0 Å². The summed E-state index contributed by atoms with van der Waals surface area (Å²) >= 11 is 0.